The topological polar surface area (TPSA) is 86.8 Å². The Bertz CT molecular complexity index is 1370. The SMILES string of the molecule is CN1C(=O)C(NCc2n[nH]c(Cc3ccccc3)n2)CCc2ccc(C#Cc3ccccn3)cc21. The summed E-state index contributed by atoms with van der Waals surface area (Å²) in [6, 6.07) is 21.5. The number of carbonyl (C=O) groups excluding carboxylic acids is 1. The zero-order valence-electron chi connectivity index (χ0n) is 19.5. The van der Waals surface area contributed by atoms with Gasteiger partial charge in [0.1, 0.15) is 11.5 Å². The van der Waals surface area contributed by atoms with Gasteiger partial charge in [0.15, 0.2) is 5.82 Å². The van der Waals surface area contributed by atoms with Crippen molar-refractivity contribution in [1.29, 1.82) is 0 Å². The lowest BCUT2D eigenvalue weighted by molar-refractivity contribution is -0.120. The van der Waals surface area contributed by atoms with Gasteiger partial charge < -0.3 is 4.90 Å². The lowest BCUT2D eigenvalue weighted by Gasteiger charge is -2.22. The normalized spacial score (nSPS) is 15.2. The molecule has 0 saturated carbocycles. The molecule has 0 aliphatic carbocycles. The first-order valence-electron chi connectivity index (χ1n) is 11.7. The molecule has 1 aliphatic heterocycles. The number of pyridine rings is 1. The Balaban J connectivity index is 1.24. The Morgan fingerprint density at radius 2 is 1.94 bits per heavy atom. The maximum Gasteiger partial charge on any atom is 0.243 e. The summed E-state index contributed by atoms with van der Waals surface area (Å²) in [5, 5.41) is 10.7. The van der Waals surface area contributed by atoms with Gasteiger partial charge >= 0.3 is 0 Å². The second-order valence-corrected chi connectivity index (χ2v) is 8.54. The summed E-state index contributed by atoms with van der Waals surface area (Å²) in [5.74, 6) is 7.73. The first kappa shape index (κ1) is 22.5. The van der Waals surface area contributed by atoms with Crippen LogP contribution in [0.4, 0.5) is 5.69 Å². The Labute approximate surface area is 204 Å². The van der Waals surface area contributed by atoms with E-state index in [1.165, 1.54) is 5.56 Å². The monoisotopic (exact) mass is 462 g/mol. The molecular weight excluding hydrogens is 436 g/mol. The van der Waals surface area contributed by atoms with E-state index in [4.69, 9.17) is 0 Å². The van der Waals surface area contributed by atoms with Crippen LogP contribution in [0.2, 0.25) is 0 Å². The number of H-pyrrole nitrogens is 1. The molecule has 1 aliphatic rings. The zero-order chi connectivity index (χ0) is 24.0. The average molecular weight is 463 g/mol. The van der Waals surface area contributed by atoms with Crippen molar-refractivity contribution >= 4 is 11.6 Å². The highest BCUT2D eigenvalue weighted by atomic mass is 16.2. The minimum Gasteiger partial charge on any atom is -0.314 e. The summed E-state index contributed by atoms with van der Waals surface area (Å²) in [5.41, 5.74) is 4.78. The van der Waals surface area contributed by atoms with E-state index in [-0.39, 0.29) is 11.9 Å². The van der Waals surface area contributed by atoms with Gasteiger partial charge in [0.2, 0.25) is 5.91 Å². The van der Waals surface area contributed by atoms with E-state index < -0.39 is 0 Å². The molecule has 2 aromatic carbocycles. The summed E-state index contributed by atoms with van der Waals surface area (Å²) in [6.45, 7) is 0.423. The van der Waals surface area contributed by atoms with Gasteiger partial charge in [-0.25, -0.2) is 9.97 Å². The van der Waals surface area contributed by atoms with Gasteiger partial charge in [-0.1, -0.05) is 48.4 Å². The molecule has 0 saturated heterocycles. The van der Waals surface area contributed by atoms with Crippen molar-refractivity contribution in [3.8, 4) is 11.8 Å². The number of hydrogen-bond donors (Lipinski definition) is 2. The highest BCUT2D eigenvalue weighted by Crippen LogP contribution is 2.27. The van der Waals surface area contributed by atoms with Crippen LogP contribution >= 0.6 is 0 Å². The Hall–Kier alpha value is -4.28. The third-order valence-corrected chi connectivity index (χ3v) is 6.08. The third kappa shape index (κ3) is 5.45. The quantitative estimate of drug-likeness (QED) is 0.445. The van der Waals surface area contributed by atoms with E-state index in [2.05, 4.69) is 55.5 Å². The van der Waals surface area contributed by atoms with E-state index in [9.17, 15) is 4.79 Å². The molecule has 35 heavy (non-hydrogen) atoms. The molecule has 1 amide bonds. The van der Waals surface area contributed by atoms with E-state index in [0.29, 0.717) is 25.2 Å². The van der Waals surface area contributed by atoms with Crippen molar-refractivity contribution in [2.45, 2.75) is 31.8 Å². The molecule has 1 unspecified atom stereocenters. The first-order chi connectivity index (χ1) is 17.2. The van der Waals surface area contributed by atoms with Crippen LogP contribution in [-0.4, -0.2) is 39.2 Å². The van der Waals surface area contributed by atoms with Crippen LogP contribution in [0.15, 0.2) is 72.9 Å². The molecule has 5 rings (SSSR count). The number of benzene rings is 2. The van der Waals surface area contributed by atoms with Crippen LogP contribution < -0.4 is 10.2 Å². The Morgan fingerprint density at radius 3 is 2.77 bits per heavy atom. The molecule has 174 valence electrons. The molecule has 4 aromatic rings. The number of likely N-dealkylation sites (N-methyl/N-ethyl adjacent to an activating group) is 1. The van der Waals surface area contributed by atoms with Crippen molar-refractivity contribution in [3.63, 3.8) is 0 Å². The number of aromatic amines is 1. The van der Waals surface area contributed by atoms with Gasteiger partial charge in [-0.15, -0.1) is 0 Å². The van der Waals surface area contributed by atoms with Gasteiger partial charge in [0.05, 0.1) is 12.6 Å². The van der Waals surface area contributed by atoms with Crippen LogP contribution in [0, 0.1) is 11.8 Å². The minimum absolute atomic E-state index is 0.0265. The van der Waals surface area contributed by atoms with Gasteiger partial charge in [0.25, 0.3) is 0 Å². The van der Waals surface area contributed by atoms with Crippen LogP contribution in [0.3, 0.4) is 0 Å². The molecule has 0 radical (unpaired) electrons. The Kier molecular flexibility index (Phi) is 6.64. The molecule has 7 heteroatoms. The highest BCUT2D eigenvalue weighted by molar-refractivity contribution is 5.98. The lowest BCUT2D eigenvalue weighted by atomic mass is 10.0. The molecule has 7 nitrogen and oxygen atoms in total. The summed E-state index contributed by atoms with van der Waals surface area (Å²) >= 11 is 0. The fraction of sp³-hybridized carbons (Fsp3) is 0.214. The molecule has 1 atom stereocenters. The summed E-state index contributed by atoms with van der Waals surface area (Å²) in [4.78, 5) is 23.8. The number of carbonyl (C=O) groups is 1. The fourth-order valence-corrected chi connectivity index (χ4v) is 4.20. The number of nitrogens with one attached hydrogen (secondary N) is 2. The van der Waals surface area contributed by atoms with E-state index in [1.54, 1.807) is 11.1 Å². The van der Waals surface area contributed by atoms with E-state index in [0.717, 1.165) is 34.8 Å². The number of aryl methyl sites for hydroxylation is 1. The number of fused-ring (bicyclic) bond motifs is 1. The van der Waals surface area contributed by atoms with Gasteiger partial charge in [0, 0.05) is 30.9 Å². The van der Waals surface area contributed by atoms with Crippen LogP contribution in [0.5, 0.6) is 0 Å². The van der Waals surface area contributed by atoms with Crippen molar-refractivity contribution in [2.75, 3.05) is 11.9 Å². The van der Waals surface area contributed by atoms with E-state index >= 15 is 0 Å². The molecule has 0 spiro atoms. The third-order valence-electron chi connectivity index (χ3n) is 6.08. The maximum absolute atomic E-state index is 13.2. The fourth-order valence-electron chi connectivity index (χ4n) is 4.20. The molecule has 3 heterocycles. The number of amides is 1. The number of aromatic nitrogens is 4. The van der Waals surface area contributed by atoms with Gasteiger partial charge in [-0.2, -0.15) is 5.10 Å². The molecular formula is C28H26N6O. The minimum atomic E-state index is -0.313. The lowest BCUT2D eigenvalue weighted by Crippen LogP contribution is -2.44. The number of anilines is 1. The first-order valence-corrected chi connectivity index (χ1v) is 11.7. The van der Waals surface area contributed by atoms with Gasteiger partial charge in [-0.3, -0.25) is 15.2 Å². The van der Waals surface area contributed by atoms with Crippen LogP contribution in [0.25, 0.3) is 0 Å². The highest BCUT2D eigenvalue weighted by Gasteiger charge is 2.28. The maximum atomic E-state index is 13.2. The van der Waals surface area contributed by atoms with Crippen LogP contribution in [-0.2, 0) is 24.2 Å². The molecule has 0 fully saturated rings. The van der Waals surface area contributed by atoms with Crippen molar-refractivity contribution in [1.82, 2.24) is 25.5 Å². The Morgan fingerprint density at radius 1 is 1.09 bits per heavy atom. The molecule has 0 bridgehead atoms. The van der Waals surface area contributed by atoms with Gasteiger partial charge in [-0.05, 0) is 54.2 Å². The predicted molar refractivity (Wildman–Crippen MR) is 135 cm³/mol. The summed E-state index contributed by atoms with van der Waals surface area (Å²) in [7, 11) is 1.82. The van der Waals surface area contributed by atoms with Crippen molar-refractivity contribution < 1.29 is 4.79 Å². The average Bonchev–Trinajstić information content (AvgIpc) is 3.30. The molecule has 2 N–H and O–H groups in total. The van der Waals surface area contributed by atoms with E-state index in [1.807, 2.05) is 55.6 Å². The second-order valence-electron chi connectivity index (χ2n) is 8.54. The van der Waals surface area contributed by atoms with Crippen molar-refractivity contribution in [2.24, 2.45) is 0 Å². The zero-order valence-corrected chi connectivity index (χ0v) is 19.5. The standard InChI is InChI=1S/C28H26N6O/c1-34-25-17-21(11-14-23-9-5-6-16-29-23)10-12-22(25)13-15-24(28(34)35)30-19-27-31-26(32-33-27)18-20-7-3-2-4-8-20/h2-10,12,16-17,24,30H,13,15,18-19H2,1H3,(H,31,32,33). The second kappa shape index (κ2) is 10.3. The summed E-state index contributed by atoms with van der Waals surface area (Å²) < 4.78 is 0. The number of hydrogen-bond acceptors (Lipinski definition) is 5. The molecule has 2 aromatic heterocycles. The number of nitrogens with zero attached hydrogens (tertiary/aromatic N) is 4. The van der Waals surface area contributed by atoms with Crippen molar-refractivity contribution in [3.05, 3.63) is 107 Å². The predicted octanol–water partition coefficient (Wildman–Crippen LogP) is 3.26. The number of rotatable bonds is 5. The largest absolute Gasteiger partial charge is 0.314 e. The smallest absolute Gasteiger partial charge is 0.243 e. The van der Waals surface area contributed by atoms with Crippen LogP contribution in [0.1, 0.15) is 40.5 Å². The summed E-state index contributed by atoms with van der Waals surface area (Å²) in [6.07, 6.45) is 3.92.